The van der Waals surface area contributed by atoms with E-state index in [0.717, 1.165) is 23.5 Å². The van der Waals surface area contributed by atoms with Gasteiger partial charge in [0.2, 0.25) is 11.7 Å². The Kier molecular flexibility index (Phi) is 5.45. The van der Waals surface area contributed by atoms with Crippen LogP contribution in [0.4, 0.5) is 20.9 Å². The monoisotopic (exact) mass is 404 g/mol. The predicted octanol–water partition coefficient (Wildman–Crippen LogP) is 3.53. The van der Waals surface area contributed by atoms with Crippen molar-refractivity contribution in [3.8, 4) is 0 Å². The summed E-state index contributed by atoms with van der Waals surface area (Å²) in [6, 6.07) is 4.60. The molecule has 2 heterocycles. The third-order valence-corrected chi connectivity index (χ3v) is 4.45. The Bertz CT molecular complexity index is 1060. The van der Waals surface area contributed by atoms with E-state index in [1.807, 2.05) is 0 Å². The highest BCUT2D eigenvalue weighted by Crippen LogP contribution is 2.22. The number of amides is 2. The minimum absolute atomic E-state index is 0.0947. The van der Waals surface area contributed by atoms with E-state index < -0.39 is 22.3 Å². The topological polar surface area (TPSA) is 127 Å². The second-order valence-corrected chi connectivity index (χ2v) is 6.49. The molecule has 0 bridgehead atoms. The normalized spacial score (nSPS) is 10.5. The fourth-order valence-electron chi connectivity index (χ4n) is 2.33. The van der Waals surface area contributed by atoms with E-state index in [2.05, 4.69) is 15.6 Å². The number of anilines is 2. The Hall–Kier alpha value is -3.60. The average molecular weight is 404 g/mol. The van der Waals surface area contributed by atoms with Gasteiger partial charge in [0.05, 0.1) is 28.9 Å². The fraction of sp³-hybridized carbons (Fsp3) is 0.118. The number of halogens is 1. The zero-order valence-electron chi connectivity index (χ0n) is 14.4. The molecule has 2 N–H and O–H groups in total. The quantitative estimate of drug-likeness (QED) is 0.478. The summed E-state index contributed by atoms with van der Waals surface area (Å²) in [5.41, 5.74) is 0.147. The first kappa shape index (κ1) is 19.2. The first-order valence-electron chi connectivity index (χ1n) is 7.87. The molecule has 0 aliphatic rings. The van der Waals surface area contributed by atoms with Crippen LogP contribution in [-0.2, 0) is 11.2 Å². The largest absolute Gasteiger partial charge is 0.469 e. The third-order valence-electron chi connectivity index (χ3n) is 3.64. The van der Waals surface area contributed by atoms with Crippen LogP contribution in [0.1, 0.15) is 21.8 Å². The number of nitro benzene ring substituents is 1. The lowest BCUT2D eigenvalue weighted by molar-refractivity contribution is -0.387. The van der Waals surface area contributed by atoms with Gasteiger partial charge in [-0.05, 0) is 25.1 Å². The number of carbonyl (C=O) groups excluding carboxylic acids is 2. The van der Waals surface area contributed by atoms with Gasteiger partial charge < -0.3 is 9.73 Å². The number of hydrogen-bond donors (Lipinski definition) is 2. The van der Waals surface area contributed by atoms with Gasteiger partial charge in [-0.2, -0.15) is 4.39 Å². The van der Waals surface area contributed by atoms with Crippen molar-refractivity contribution in [1.29, 1.82) is 0 Å². The van der Waals surface area contributed by atoms with Gasteiger partial charge in [-0.3, -0.25) is 25.0 Å². The number of nitrogens with one attached hydrogen (secondary N) is 2. The van der Waals surface area contributed by atoms with Crippen molar-refractivity contribution < 1.29 is 23.3 Å². The smallest absolute Gasteiger partial charge is 0.306 e. The van der Waals surface area contributed by atoms with E-state index in [1.54, 1.807) is 12.3 Å². The standard InChI is InChI=1S/C17H13FN4O5S/c1-9-12(4-5-27-9)16(24)21-17-20-11(8-28-17)7-15(23)19-10-2-3-13(18)14(6-10)22(25)26/h2-6,8H,7H2,1H3,(H,19,23)(H,20,21,24). The number of rotatable bonds is 6. The number of hydrogen-bond acceptors (Lipinski definition) is 7. The van der Waals surface area contributed by atoms with Crippen LogP contribution < -0.4 is 10.6 Å². The molecule has 3 rings (SSSR count). The number of furan rings is 1. The van der Waals surface area contributed by atoms with Crippen molar-refractivity contribution in [3.63, 3.8) is 0 Å². The van der Waals surface area contributed by atoms with E-state index >= 15 is 0 Å². The van der Waals surface area contributed by atoms with Crippen molar-refractivity contribution in [2.45, 2.75) is 13.3 Å². The molecule has 3 aromatic rings. The van der Waals surface area contributed by atoms with Gasteiger partial charge in [0.15, 0.2) is 5.13 Å². The maximum absolute atomic E-state index is 13.3. The maximum atomic E-state index is 13.3. The first-order chi connectivity index (χ1) is 13.3. The number of thiazole rings is 1. The zero-order valence-corrected chi connectivity index (χ0v) is 15.2. The van der Waals surface area contributed by atoms with Crippen LogP contribution in [0.25, 0.3) is 0 Å². The summed E-state index contributed by atoms with van der Waals surface area (Å²) < 4.78 is 18.4. The van der Waals surface area contributed by atoms with Gasteiger partial charge in [-0.25, -0.2) is 4.98 Å². The van der Waals surface area contributed by atoms with Crippen molar-refractivity contribution in [2.24, 2.45) is 0 Å². The molecule has 0 atom stereocenters. The molecule has 28 heavy (non-hydrogen) atoms. The first-order valence-corrected chi connectivity index (χ1v) is 8.75. The van der Waals surface area contributed by atoms with Gasteiger partial charge in [0.25, 0.3) is 5.91 Å². The summed E-state index contributed by atoms with van der Waals surface area (Å²) in [7, 11) is 0. The summed E-state index contributed by atoms with van der Waals surface area (Å²) in [6.45, 7) is 1.66. The van der Waals surface area contributed by atoms with E-state index in [-0.39, 0.29) is 18.0 Å². The van der Waals surface area contributed by atoms with Crippen LogP contribution in [0.3, 0.4) is 0 Å². The van der Waals surface area contributed by atoms with Crippen LogP contribution in [0.5, 0.6) is 0 Å². The number of benzene rings is 1. The molecule has 2 aromatic heterocycles. The van der Waals surface area contributed by atoms with Gasteiger partial charge in [-0.15, -0.1) is 11.3 Å². The SMILES string of the molecule is Cc1occc1C(=O)Nc1nc(CC(=O)Nc2ccc(F)c([N+](=O)[O-])c2)cs1. The molecule has 144 valence electrons. The summed E-state index contributed by atoms with van der Waals surface area (Å²) >= 11 is 1.15. The Morgan fingerprint density at radius 2 is 2.11 bits per heavy atom. The molecular weight excluding hydrogens is 391 g/mol. The lowest BCUT2D eigenvalue weighted by atomic mass is 10.2. The Labute approximate surface area is 161 Å². The summed E-state index contributed by atoms with van der Waals surface area (Å²) in [4.78, 5) is 38.3. The van der Waals surface area contributed by atoms with Crippen molar-refractivity contribution in [1.82, 2.24) is 4.98 Å². The van der Waals surface area contributed by atoms with E-state index in [9.17, 15) is 24.1 Å². The van der Waals surface area contributed by atoms with Crippen molar-refractivity contribution in [3.05, 3.63) is 68.9 Å². The second kappa shape index (κ2) is 7.96. The maximum Gasteiger partial charge on any atom is 0.306 e. The molecule has 1 aromatic carbocycles. The minimum atomic E-state index is -0.990. The molecule has 9 nitrogen and oxygen atoms in total. The van der Waals surface area contributed by atoms with Crippen LogP contribution in [0.15, 0.2) is 40.3 Å². The van der Waals surface area contributed by atoms with Crippen LogP contribution >= 0.6 is 11.3 Å². The van der Waals surface area contributed by atoms with Gasteiger partial charge >= 0.3 is 5.69 Å². The van der Waals surface area contributed by atoms with E-state index in [0.29, 0.717) is 22.1 Å². The van der Waals surface area contributed by atoms with Crippen molar-refractivity contribution in [2.75, 3.05) is 10.6 Å². The van der Waals surface area contributed by atoms with Crippen LogP contribution in [-0.4, -0.2) is 21.7 Å². The molecule has 0 radical (unpaired) electrons. The highest BCUT2D eigenvalue weighted by Gasteiger charge is 2.17. The minimum Gasteiger partial charge on any atom is -0.469 e. The molecule has 11 heteroatoms. The molecular formula is C17H13FN4O5S. The van der Waals surface area contributed by atoms with Gasteiger partial charge in [0, 0.05) is 17.1 Å². The number of nitro groups is 1. The Morgan fingerprint density at radius 3 is 2.79 bits per heavy atom. The Balaban J connectivity index is 1.61. The molecule has 0 fully saturated rings. The molecule has 0 saturated heterocycles. The highest BCUT2D eigenvalue weighted by atomic mass is 32.1. The summed E-state index contributed by atoms with van der Waals surface area (Å²) in [5, 5.41) is 17.7. The van der Waals surface area contributed by atoms with Crippen LogP contribution in [0.2, 0.25) is 0 Å². The molecule has 0 spiro atoms. The third kappa shape index (κ3) is 4.38. The number of carbonyl (C=O) groups is 2. The van der Waals surface area contributed by atoms with Gasteiger partial charge in [-0.1, -0.05) is 0 Å². The second-order valence-electron chi connectivity index (χ2n) is 5.64. The zero-order chi connectivity index (χ0) is 20.3. The lowest BCUT2D eigenvalue weighted by Crippen LogP contribution is -2.15. The number of aryl methyl sites for hydroxylation is 1. The summed E-state index contributed by atoms with van der Waals surface area (Å²) in [6.07, 6.45) is 1.28. The molecule has 0 aliphatic carbocycles. The Morgan fingerprint density at radius 1 is 1.32 bits per heavy atom. The molecule has 0 saturated carbocycles. The van der Waals surface area contributed by atoms with E-state index in [1.165, 1.54) is 18.4 Å². The lowest BCUT2D eigenvalue weighted by Gasteiger charge is -2.04. The average Bonchev–Trinajstić information content (AvgIpc) is 3.25. The summed E-state index contributed by atoms with van der Waals surface area (Å²) in [5.74, 6) is -1.39. The van der Waals surface area contributed by atoms with Crippen molar-refractivity contribution >= 4 is 39.7 Å². The predicted molar refractivity (Wildman–Crippen MR) is 98.9 cm³/mol. The molecule has 2 amide bonds. The van der Waals surface area contributed by atoms with Crippen LogP contribution in [0, 0.1) is 22.9 Å². The fourth-order valence-corrected chi connectivity index (χ4v) is 3.04. The van der Waals surface area contributed by atoms with Gasteiger partial charge in [0.1, 0.15) is 5.76 Å². The highest BCUT2D eigenvalue weighted by molar-refractivity contribution is 7.14. The molecule has 0 aliphatic heterocycles. The van der Waals surface area contributed by atoms with E-state index in [4.69, 9.17) is 4.42 Å². The molecule has 0 unspecified atom stereocenters. The number of nitrogens with zero attached hydrogens (tertiary/aromatic N) is 2. The number of aromatic nitrogens is 1.